The molecule has 4 heteroatoms. The molecule has 0 aromatic heterocycles. The number of carbonyl (C=O) groups is 2. The first-order valence-electron chi connectivity index (χ1n) is 2.73. The molecule has 56 valence electrons. The van der Waals surface area contributed by atoms with Crippen LogP contribution in [0.1, 0.15) is 12.8 Å². The van der Waals surface area contributed by atoms with Crippen LogP contribution in [0.4, 0.5) is 0 Å². The fourth-order valence-electron chi connectivity index (χ4n) is 0.381. The fraction of sp³-hybridized carbons (Fsp3) is 0.333. The van der Waals surface area contributed by atoms with Gasteiger partial charge in [0.2, 0.25) is 0 Å². The van der Waals surface area contributed by atoms with Crippen LogP contribution in [0.25, 0.3) is 0 Å². The number of hydrogen-bond donors (Lipinski definition) is 2. The zero-order valence-electron chi connectivity index (χ0n) is 5.46. The summed E-state index contributed by atoms with van der Waals surface area (Å²) in [5, 5.41) is 8.12. The summed E-state index contributed by atoms with van der Waals surface area (Å²) >= 11 is 0. The number of nitrogens with two attached hydrogens (primary N) is 1. The van der Waals surface area contributed by atoms with E-state index < -0.39 is 11.8 Å². The average Bonchev–Trinajstić information content (AvgIpc) is 1.82. The number of carboxylic acid groups (broad SMARTS) is 1. The van der Waals surface area contributed by atoms with Crippen LogP contribution in [0, 0.1) is 0 Å². The first kappa shape index (κ1) is 8.68. The molecule has 0 atom stereocenters. The minimum Gasteiger partial charge on any atom is -0.481 e. The molecule has 0 spiro atoms. The second-order valence-electron chi connectivity index (χ2n) is 1.84. The summed E-state index contributed by atoms with van der Waals surface area (Å²) < 4.78 is 0. The molecule has 0 aliphatic carbocycles. The molecule has 0 bridgehead atoms. The standard InChI is InChI=1S/C6H9NO3/c1-4(7)5(8)2-3-6(9)10/h1-3,7H2,(H,9,10). The van der Waals surface area contributed by atoms with E-state index in [4.69, 9.17) is 10.8 Å². The topological polar surface area (TPSA) is 80.4 Å². The lowest BCUT2D eigenvalue weighted by molar-refractivity contribution is -0.138. The van der Waals surface area contributed by atoms with Crippen molar-refractivity contribution in [2.45, 2.75) is 12.8 Å². The number of carboxylic acids is 1. The van der Waals surface area contributed by atoms with Gasteiger partial charge in [-0.15, -0.1) is 0 Å². The van der Waals surface area contributed by atoms with E-state index in [1.54, 1.807) is 0 Å². The summed E-state index contributed by atoms with van der Waals surface area (Å²) in [6.07, 6.45) is -0.250. The molecule has 10 heavy (non-hydrogen) atoms. The highest BCUT2D eigenvalue weighted by Crippen LogP contribution is 1.94. The lowest BCUT2D eigenvalue weighted by atomic mass is 10.2. The SMILES string of the molecule is C=C(N)C(=O)CCC(=O)O. The summed E-state index contributed by atoms with van der Waals surface area (Å²) in [5.74, 6) is -1.41. The molecule has 0 heterocycles. The highest BCUT2D eigenvalue weighted by atomic mass is 16.4. The maximum Gasteiger partial charge on any atom is 0.303 e. The lowest BCUT2D eigenvalue weighted by Crippen LogP contribution is -2.11. The molecule has 0 fully saturated rings. The smallest absolute Gasteiger partial charge is 0.303 e. The van der Waals surface area contributed by atoms with E-state index in [9.17, 15) is 9.59 Å². The van der Waals surface area contributed by atoms with Crippen molar-refractivity contribution >= 4 is 11.8 Å². The molecular formula is C6H9NO3. The van der Waals surface area contributed by atoms with Gasteiger partial charge in [-0.1, -0.05) is 6.58 Å². The van der Waals surface area contributed by atoms with E-state index in [0.717, 1.165) is 0 Å². The van der Waals surface area contributed by atoms with Crippen LogP contribution < -0.4 is 5.73 Å². The van der Waals surface area contributed by atoms with Gasteiger partial charge in [-0.25, -0.2) is 0 Å². The van der Waals surface area contributed by atoms with Gasteiger partial charge in [0.25, 0.3) is 0 Å². The third kappa shape index (κ3) is 3.65. The van der Waals surface area contributed by atoms with Crippen molar-refractivity contribution in [2.24, 2.45) is 5.73 Å². The highest BCUT2D eigenvalue weighted by molar-refractivity contribution is 5.95. The zero-order chi connectivity index (χ0) is 8.15. The maximum atomic E-state index is 10.6. The van der Waals surface area contributed by atoms with Crippen molar-refractivity contribution < 1.29 is 14.7 Å². The fourth-order valence-corrected chi connectivity index (χ4v) is 0.381. The summed E-state index contributed by atoms with van der Waals surface area (Å²) in [6, 6.07) is 0. The molecule has 4 nitrogen and oxygen atoms in total. The van der Waals surface area contributed by atoms with Gasteiger partial charge in [-0.3, -0.25) is 9.59 Å². The molecule has 0 aliphatic rings. The summed E-state index contributed by atoms with van der Waals surface area (Å²) in [6.45, 7) is 3.17. The maximum absolute atomic E-state index is 10.6. The molecule has 0 radical (unpaired) electrons. The molecule has 0 aliphatic heterocycles. The van der Waals surface area contributed by atoms with Crippen LogP contribution in [0.15, 0.2) is 12.3 Å². The van der Waals surface area contributed by atoms with Gasteiger partial charge in [0, 0.05) is 6.42 Å². The van der Waals surface area contributed by atoms with Crippen LogP contribution in [0.2, 0.25) is 0 Å². The van der Waals surface area contributed by atoms with Gasteiger partial charge in [0.15, 0.2) is 5.78 Å². The van der Waals surface area contributed by atoms with Gasteiger partial charge >= 0.3 is 5.97 Å². The molecule has 0 amide bonds. The van der Waals surface area contributed by atoms with E-state index in [2.05, 4.69) is 6.58 Å². The van der Waals surface area contributed by atoms with E-state index in [1.807, 2.05) is 0 Å². The predicted octanol–water partition coefficient (Wildman–Crippen LogP) is -0.107. The Morgan fingerprint density at radius 1 is 1.40 bits per heavy atom. The van der Waals surface area contributed by atoms with Crippen molar-refractivity contribution in [3.63, 3.8) is 0 Å². The minimum atomic E-state index is -1.00. The number of carbonyl (C=O) groups excluding carboxylic acids is 1. The largest absolute Gasteiger partial charge is 0.481 e. The molecule has 0 rings (SSSR count). The third-order valence-corrected chi connectivity index (χ3v) is 0.924. The van der Waals surface area contributed by atoms with Crippen molar-refractivity contribution in [1.29, 1.82) is 0 Å². The Morgan fingerprint density at radius 2 is 1.90 bits per heavy atom. The second-order valence-corrected chi connectivity index (χ2v) is 1.84. The second kappa shape index (κ2) is 3.66. The summed E-state index contributed by atoms with van der Waals surface area (Å²) in [5.41, 5.74) is 4.90. The first-order chi connectivity index (χ1) is 4.54. The molecular weight excluding hydrogens is 134 g/mol. The number of aliphatic carboxylic acids is 1. The Labute approximate surface area is 58.3 Å². The van der Waals surface area contributed by atoms with Crippen molar-refractivity contribution in [3.8, 4) is 0 Å². The first-order valence-corrected chi connectivity index (χ1v) is 2.73. The molecule has 0 aromatic carbocycles. The number of rotatable bonds is 4. The van der Waals surface area contributed by atoms with Gasteiger partial charge in [0.1, 0.15) is 0 Å². The molecule has 3 N–H and O–H groups in total. The van der Waals surface area contributed by atoms with Crippen LogP contribution in [0.5, 0.6) is 0 Å². The minimum absolute atomic E-state index is 0.0648. The van der Waals surface area contributed by atoms with E-state index in [1.165, 1.54) is 0 Å². The van der Waals surface area contributed by atoms with Gasteiger partial charge in [-0.2, -0.15) is 0 Å². The Kier molecular flexibility index (Phi) is 3.17. The summed E-state index contributed by atoms with van der Waals surface area (Å²) in [4.78, 5) is 20.5. The van der Waals surface area contributed by atoms with Crippen LogP contribution >= 0.6 is 0 Å². The van der Waals surface area contributed by atoms with Crippen LogP contribution in [-0.2, 0) is 9.59 Å². The number of allylic oxidation sites excluding steroid dienone is 1. The Bertz CT molecular complexity index is 174. The zero-order valence-corrected chi connectivity index (χ0v) is 5.46. The average molecular weight is 143 g/mol. The van der Waals surface area contributed by atoms with Gasteiger partial charge in [-0.05, 0) is 0 Å². The van der Waals surface area contributed by atoms with Crippen molar-refractivity contribution in [1.82, 2.24) is 0 Å². The van der Waals surface area contributed by atoms with Gasteiger partial charge < -0.3 is 10.8 Å². The monoisotopic (exact) mass is 143 g/mol. The quantitative estimate of drug-likeness (QED) is 0.538. The Hall–Kier alpha value is -1.32. The van der Waals surface area contributed by atoms with E-state index in [0.29, 0.717) is 0 Å². The molecule has 0 saturated heterocycles. The van der Waals surface area contributed by atoms with Crippen LogP contribution in [0.3, 0.4) is 0 Å². The number of ketones is 1. The molecule has 0 aromatic rings. The van der Waals surface area contributed by atoms with Gasteiger partial charge in [0.05, 0.1) is 12.1 Å². The number of hydrogen-bond acceptors (Lipinski definition) is 3. The van der Waals surface area contributed by atoms with Crippen molar-refractivity contribution in [2.75, 3.05) is 0 Å². The van der Waals surface area contributed by atoms with Crippen LogP contribution in [-0.4, -0.2) is 16.9 Å². The Balaban J connectivity index is 3.60. The normalized spacial score (nSPS) is 8.80. The van der Waals surface area contributed by atoms with E-state index in [-0.39, 0.29) is 18.5 Å². The third-order valence-electron chi connectivity index (χ3n) is 0.924. The van der Waals surface area contributed by atoms with E-state index >= 15 is 0 Å². The number of Topliss-reactive ketones (excluding diaryl/α,β-unsaturated/α-hetero) is 1. The Morgan fingerprint density at radius 3 is 2.20 bits per heavy atom. The summed E-state index contributed by atoms with van der Waals surface area (Å²) in [7, 11) is 0. The van der Waals surface area contributed by atoms with Crippen molar-refractivity contribution in [3.05, 3.63) is 12.3 Å². The highest BCUT2D eigenvalue weighted by Gasteiger charge is 2.05. The molecule has 0 unspecified atom stereocenters. The molecule has 0 saturated carbocycles. The lowest BCUT2D eigenvalue weighted by Gasteiger charge is -1.94. The predicted molar refractivity (Wildman–Crippen MR) is 35.2 cm³/mol.